The van der Waals surface area contributed by atoms with E-state index in [9.17, 15) is 9.90 Å². The Morgan fingerprint density at radius 2 is 2.03 bits per heavy atom. The first-order valence-electron chi connectivity index (χ1n) is 10.7. The molecule has 1 aromatic rings. The van der Waals surface area contributed by atoms with Gasteiger partial charge in [-0.15, -0.1) is 0 Å². The number of benzene rings is 1. The fourth-order valence-corrected chi connectivity index (χ4v) is 3.18. The van der Waals surface area contributed by atoms with Gasteiger partial charge in [-0.25, -0.2) is 0 Å². The maximum atomic E-state index is 11.7. The molecule has 2 rings (SSSR count). The van der Waals surface area contributed by atoms with Gasteiger partial charge in [0.05, 0.1) is 10.6 Å². The quantitative estimate of drug-likeness (QED) is 0.649. The maximum absolute atomic E-state index is 11.7. The van der Waals surface area contributed by atoms with Crippen molar-refractivity contribution in [3.63, 3.8) is 0 Å². The number of hydrogen-bond donors (Lipinski definition) is 1. The Balaban J connectivity index is 0.000000436. The van der Waals surface area contributed by atoms with Crippen LogP contribution in [0.3, 0.4) is 0 Å². The second kappa shape index (κ2) is 13.6. The van der Waals surface area contributed by atoms with Gasteiger partial charge in [0.25, 0.3) is 5.91 Å². The van der Waals surface area contributed by atoms with Crippen molar-refractivity contribution >= 4 is 17.5 Å². The molecule has 29 heavy (non-hydrogen) atoms. The maximum Gasteiger partial charge on any atom is 0.254 e. The lowest BCUT2D eigenvalue weighted by Crippen LogP contribution is -2.45. The number of aryl methyl sites for hydroxylation is 1. The van der Waals surface area contributed by atoms with Crippen LogP contribution in [-0.2, 0) is 4.79 Å². The molecule has 0 saturated carbocycles. The number of carbonyl (C=O) groups is 1. The molecule has 4 nitrogen and oxygen atoms in total. The van der Waals surface area contributed by atoms with Gasteiger partial charge >= 0.3 is 0 Å². The lowest BCUT2D eigenvalue weighted by molar-refractivity contribution is -0.148. The summed E-state index contributed by atoms with van der Waals surface area (Å²) in [5.41, 5.74) is 0.445. The second-order valence-corrected chi connectivity index (χ2v) is 8.96. The summed E-state index contributed by atoms with van der Waals surface area (Å²) < 4.78 is 0. The molecular formula is C24H39ClN2O2. The summed E-state index contributed by atoms with van der Waals surface area (Å²) in [6.45, 7) is 15.8. The van der Waals surface area contributed by atoms with Gasteiger partial charge in [-0.05, 0) is 56.2 Å². The fourth-order valence-electron chi connectivity index (χ4n) is 2.90. The van der Waals surface area contributed by atoms with Crippen LogP contribution in [-0.4, -0.2) is 34.6 Å². The molecule has 2 atom stereocenters. The van der Waals surface area contributed by atoms with Gasteiger partial charge in [0.2, 0.25) is 0 Å². The predicted molar refractivity (Wildman–Crippen MR) is 122 cm³/mol. The summed E-state index contributed by atoms with van der Waals surface area (Å²) in [6.07, 6.45) is 4.25. The third-order valence-corrected chi connectivity index (χ3v) is 5.28. The van der Waals surface area contributed by atoms with E-state index in [1.807, 2.05) is 26.0 Å². The molecule has 0 aromatic heterocycles. The molecule has 0 aliphatic carbocycles. The molecule has 1 heterocycles. The van der Waals surface area contributed by atoms with Gasteiger partial charge in [0, 0.05) is 13.1 Å². The molecule has 1 fully saturated rings. The summed E-state index contributed by atoms with van der Waals surface area (Å²) in [7, 11) is 0. The standard InChI is InChI=1S/C10H19NO2.C8H6ClN.C6H14/c1-4-10(3,13)9(12)11-6-5-8(2)7-11;1-6-2-3-7(5-10)8(9)4-6;1-4-5-6(2)3/h8,13H,4-7H2,1-3H3;2-4H,1H3;6H,4-5H2,1-3H3. The van der Waals surface area contributed by atoms with E-state index in [-0.39, 0.29) is 5.91 Å². The number of nitriles is 1. The molecular weight excluding hydrogens is 384 g/mol. The van der Waals surface area contributed by atoms with Crippen molar-refractivity contribution in [2.24, 2.45) is 11.8 Å². The Morgan fingerprint density at radius 3 is 2.38 bits per heavy atom. The normalized spacial score (nSPS) is 17.4. The molecule has 1 aromatic carbocycles. The van der Waals surface area contributed by atoms with Crippen molar-refractivity contribution in [3.8, 4) is 6.07 Å². The Hall–Kier alpha value is -1.57. The SMILES string of the molecule is CCC(C)(O)C(=O)N1CCC(C)C1.CCCC(C)C.Cc1ccc(C#N)c(Cl)c1. The Labute approximate surface area is 182 Å². The molecule has 1 amide bonds. The van der Waals surface area contributed by atoms with Crippen LogP contribution in [0.15, 0.2) is 18.2 Å². The number of carbonyl (C=O) groups excluding carboxylic acids is 1. The fraction of sp³-hybridized carbons (Fsp3) is 0.667. The lowest BCUT2D eigenvalue weighted by Gasteiger charge is -2.26. The van der Waals surface area contributed by atoms with Crippen molar-refractivity contribution in [1.82, 2.24) is 4.90 Å². The molecule has 1 saturated heterocycles. The topological polar surface area (TPSA) is 64.3 Å². The highest BCUT2D eigenvalue weighted by Crippen LogP contribution is 2.20. The Bertz CT molecular complexity index is 665. The second-order valence-electron chi connectivity index (χ2n) is 8.55. The number of likely N-dealkylation sites (tertiary alicyclic amines) is 1. The highest BCUT2D eigenvalue weighted by atomic mass is 35.5. The zero-order valence-electron chi connectivity index (χ0n) is 19.3. The van der Waals surface area contributed by atoms with E-state index in [0.717, 1.165) is 31.0 Å². The van der Waals surface area contributed by atoms with E-state index in [1.165, 1.54) is 12.8 Å². The van der Waals surface area contributed by atoms with Crippen molar-refractivity contribution in [2.75, 3.05) is 13.1 Å². The first-order valence-corrected chi connectivity index (χ1v) is 11.0. The van der Waals surface area contributed by atoms with Crippen LogP contribution < -0.4 is 0 Å². The number of rotatable bonds is 4. The largest absolute Gasteiger partial charge is 0.380 e. The average Bonchev–Trinajstić information content (AvgIpc) is 3.08. The van der Waals surface area contributed by atoms with Gasteiger partial charge in [-0.2, -0.15) is 5.26 Å². The molecule has 5 heteroatoms. The van der Waals surface area contributed by atoms with E-state index >= 15 is 0 Å². The van der Waals surface area contributed by atoms with E-state index in [2.05, 4.69) is 27.7 Å². The van der Waals surface area contributed by atoms with Crippen molar-refractivity contribution < 1.29 is 9.90 Å². The number of amides is 1. The zero-order chi connectivity index (χ0) is 22.6. The van der Waals surface area contributed by atoms with E-state index < -0.39 is 5.60 Å². The molecule has 0 bridgehead atoms. The minimum atomic E-state index is -1.16. The highest BCUT2D eigenvalue weighted by molar-refractivity contribution is 6.31. The first-order chi connectivity index (χ1) is 13.5. The van der Waals surface area contributed by atoms with Gasteiger partial charge < -0.3 is 10.0 Å². The molecule has 2 unspecified atom stereocenters. The summed E-state index contributed by atoms with van der Waals surface area (Å²) in [5, 5.41) is 18.8. The van der Waals surface area contributed by atoms with Crippen LogP contribution in [0, 0.1) is 30.1 Å². The Morgan fingerprint density at radius 1 is 1.41 bits per heavy atom. The summed E-state index contributed by atoms with van der Waals surface area (Å²) >= 11 is 5.71. The summed E-state index contributed by atoms with van der Waals surface area (Å²) in [4.78, 5) is 13.5. The average molecular weight is 423 g/mol. The summed E-state index contributed by atoms with van der Waals surface area (Å²) in [6, 6.07) is 7.35. The van der Waals surface area contributed by atoms with Crippen LogP contribution in [0.25, 0.3) is 0 Å². The third-order valence-electron chi connectivity index (χ3n) is 4.97. The highest BCUT2D eigenvalue weighted by Gasteiger charge is 2.35. The lowest BCUT2D eigenvalue weighted by atomic mass is 10.0. The smallest absolute Gasteiger partial charge is 0.254 e. The molecule has 164 valence electrons. The van der Waals surface area contributed by atoms with Crippen molar-refractivity contribution in [3.05, 3.63) is 34.3 Å². The number of hydrogen-bond acceptors (Lipinski definition) is 3. The zero-order valence-corrected chi connectivity index (χ0v) is 20.0. The molecule has 0 spiro atoms. The van der Waals surface area contributed by atoms with Crippen LogP contribution in [0.1, 0.15) is 78.4 Å². The monoisotopic (exact) mass is 422 g/mol. The predicted octanol–water partition coefficient (Wildman–Crippen LogP) is 5.98. The van der Waals surface area contributed by atoms with Gasteiger partial charge in [0.15, 0.2) is 0 Å². The Kier molecular flexibility index (Phi) is 12.9. The minimum absolute atomic E-state index is 0.112. The van der Waals surface area contributed by atoms with E-state index in [1.54, 1.807) is 24.0 Å². The first kappa shape index (κ1) is 27.4. The van der Waals surface area contributed by atoms with Crippen molar-refractivity contribution in [1.29, 1.82) is 5.26 Å². The van der Waals surface area contributed by atoms with Crippen LogP contribution in [0.4, 0.5) is 0 Å². The van der Waals surface area contributed by atoms with Crippen LogP contribution >= 0.6 is 11.6 Å². The van der Waals surface area contributed by atoms with Gasteiger partial charge in [-0.3, -0.25) is 4.79 Å². The molecule has 1 aliphatic rings. The van der Waals surface area contributed by atoms with Crippen LogP contribution in [0.2, 0.25) is 5.02 Å². The third kappa shape index (κ3) is 10.7. The number of nitrogens with zero attached hydrogens (tertiary/aromatic N) is 2. The number of aliphatic hydroxyl groups is 1. The van der Waals surface area contributed by atoms with E-state index in [4.69, 9.17) is 16.9 Å². The minimum Gasteiger partial charge on any atom is -0.380 e. The van der Waals surface area contributed by atoms with Crippen molar-refractivity contribution in [2.45, 2.75) is 79.8 Å². The summed E-state index contributed by atoms with van der Waals surface area (Å²) in [5.74, 6) is 1.37. The van der Waals surface area contributed by atoms with Crippen LogP contribution in [0.5, 0.6) is 0 Å². The molecule has 1 N–H and O–H groups in total. The number of halogens is 1. The van der Waals surface area contributed by atoms with E-state index in [0.29, 0.717) is 22.9 Å². The molecule has 1 aliphatic heterocycles. The molecule has 0 radical (unpaired) electrons. The van der Waals surface area contributed by atoms with Gasteiger partial charge in [0.1, 0.15) is 11.7 Å². The van der Waals surface area contributed by atoms with Gasteiger partial charge in [-0.1, -0.05) is 65.1 Å².